The molecule has 3 aromatic carbocycles. The monoisotopic (exact) mass is 497 g/mol. The van der Waals surface area contributed by atoms with Crippen molar-refractivity contribution in [2.45, 2.75) is 6.54 Å². The van der Waals surface area contributed by atoms with Gasteiger partial charge in [-0.1, -0.05) is 48.5 Å². The van der Waals surface area contributed by atoms with E-state index < -0.39 is 15.9 Å². The summed E-state index contributed by atoms with van der Waals surface area (Å²) in [6, 6.07) is 20.4. The standard InChI is InChI=1S/C25H24ClN3O4S/c1-3-15-33-24-6-4-5-20(16-24)17-27-28-25(30)21-9-13-23(14-10-21)29(34(2,31)32)18-19-7-11-22(26)12-8-19/h3-14,16-17H,1,15,18H2,2H3,(H,28,30)/b27-17-. The highest BCUT2D eigenvalue weighted by Crippen LogP contribution is 2.22. The van der Waals surface area contributed by atoms with E-state index >= 15 is 0 Å². The van der Waals surface area contributed by atoms with Crippen LogP contribution >= 0.6 is 11.6 Å². The van der Waals surface area contributed by atoms with Crippen LogP contribution in [-0.2, 0) is 16.6 Å². The minimum Gasteiger partial charge on any atom is -0.490 e. The van der Waals surface area contributed by atoms with E-state index in [1.165, 1.54) is 10.5 Å². The zero-order valence-corrected chi connectivity index (χ0v) is 20.1. The van der Waals surface area contributed by atoms with Crippen molar-refractivity contribution in [1.82, 2.24) is 5.43 Å². The number of carbonyl (C=O) groups excluding carboxylic acids is 1. The number of hydrogen-bond acceptors (Lipinski definition) is 5. The Morgan fingerprint density at radius 2 is 1.82 bits per heavy atom. The van der Waals surface area contributed by atoms with Crippen LogP contribution in [0.25, 0.3) is 0 Å². The summed E-state index contributed by atoms with van der Waals surface area (Å²) in [5.74, 6) is 0.241. The third-order valence-corrected chi connectivity index (χ3v) is 6.06. The third kappa shape index (κ3) is 7.19. The second-order valence-corrected chi connectivity index (χ2v) is 9.66. The second-order valence-electron chi connectivity index (χ2n) is 7.31. The highest BCUT2D eigenvalue weighted by atomic mass is 35.5. The number of rotatable bonds is 10. The van der Waals surface area contributed by atoms with Gasteiger partial charge in [0.2, 0.25) is 10.0 Å². The zero-order valence-electron chi connectivity index (χ0n) is 18.5. The van der Waals surface area contributed by atoms with Gasteiger partial charge in [0.05, 0.1) is 24.7 Å². The van der Waals surface area contributed by atoms with Gasteiger partial charge in [0.15, 0.2) is 0 Å². The van der Waals surface area contributed by atoms with E-state index in [-0.39, 0.29) is 6.54 Å². The summed E-state index contributed by atoms with van der Waals surface area (Å²) in [5, 5.41) is 4.55. The van der Waals surface area contributed by atoms with Crippen LogP contribution < -0.4 is 14.5 Å². The molecule has 9 heteroatoms. The van der Waals surface area contributed by atoms with Crippen molar-refractivity contribution in [2.24, 2.45) is 5.10 Å². The third-order valence-electron chi connectivity index (χ3n) is 4.66. The van der Waals surface area contributed by atoms with E-state index in [1.54, 1.807) is 60.7 Å². The molecule has 0 radical (unpaired) electrons. The molecule has 0 atom stereocenters. The molecule has 0 fully saturated rings. The zero-order chi connectivity index (χ0) is 24.6. The Morgan fingerprint density at radius 3 is 2.47 bits per heavy atom. The lowest BCUT2D eigenvalue weighted by atomic mass is 10.2. The summed E-state index contributed by atoms with van der Waals surface area (Å²) in [5.41, 5.74) is 4.77. The number of amides is 1. The number of nitrogens with zero attached hydrogens (tertiary/aromatic N) is 2. The summed E-state index contributed by atoms with van der Waals surface area (Å²) in [4.78, 5) is 12.4. The normalized spacial score (nSPS) is 11.2. The van der Waals surface area contributed by atoms with Gasteiger partial charge in [0.25, 0.3) is 5.91 Å². The first-order valence-corrected chi connectivity index (χ1v) is 12.5. The van der Waals surface area contributed by atoms with Gasteiger partial charge in [-0.15, -0.1) is 0 Å². The first-order chi connectivity index (χ1) is 16.3. The molecule has 7 nitrogen and oxygen atoms in total. The molecular weight excluding hydrogens is 474 g/mol. The maximum atomic E-state index is 12.4. The fraction of sp³-hybridized carbons (Fsp3) is 0.120. The molecule has 0 spiro atoms. The lowest BCUT2D eigenvalue weighted by molar-refractivity contribution is 0.0955. The largest absolute Gasteiger partial charge is 0.490 e. The van der Waals surface area contributed by atoms with Gasteiger partial charge < -0.3 is 4.74 Å². The summed E-state index contributed by atoms with van der Waals surface area (Å²) < 4.78 is 31.5. The van der Waals surface area contributed by atoms with E-state index in [9.17, 15) is 13.2 Å². The predicted octanol–water partition coefficient (Wildman–Crippen LogP) is 4.63. The predicted molar refractivity (Wildman–Crippen MR) is 136 cm³/mol. The molecule has 3 aromatic rings. The van der Waals surface area contributed by atoms with Gasteiger partial charge in [-0.2, -0.15) is 5.10 Å². The average molecular weight is 498 g/mol. The molecule has 0 heterocycles. The molecule has 0 aliphatic carbocycles. The molecule has 0 unspecified atom stereocenters. The molecule has 3 rings (SSSR count). The first-order valence-electron chi connectivity index (χ1n) is 10.3. The summed E-state index contributed by atoms with van der Waals surface area (Å²) in [6.07, 6.45) is 4.29. The van der Waals surface area contributed by atoms with Crippen molar-refractivity contribution >= 4 is 39.4 Å². The van der Waals surface area contributed by atoms with Gasteiger partial charge in [-0.05, 0) is 59.7 Å². The Morgan fingerprint density at radius 1 is 1.12 bits per heavy atom. The smallest absolute Gasteiger partial charge is 0.271 e. The Hall–Kier alpha value is -3.62. The molecule has 0 saturated heterocycles. The molecule has 0 aromatic heterocycles. The van der Waals surface area contributed by atoms with E-state index in [1.807, 2.05) is 18.2 Å². The Kier molecular flexibility index (Phi) is 8.45. The molecule has 34 heavy (non-hydrogen) atoms. The molecule has 0 bridgehead atoms. The Labute approximate surface area is 204 Å². The van der Waals surface area contributed by atoms with Crippen LogP contribution in [0, 0.1) is 0 Å². The number of benzene rings is 3. The SMILES string of the molecule is C=CCOc1cccc(/C=N\NC(=O)c2ccc(N(Cc3ccc(Cl)cc3)S(C)(=O)=O)cc2)c1. The second kappa shape index (κ2) is 11.5. The topological polar surface area (TPSA) is 88.1 Å². The highest BCUT2D eigenvalue weighted by molar-refractivity contribution is 7.92. The van der Waals surface area contributed by atoms with Crippen molar-refractivity contribution in [3.8, 4) is 5.75 Å². The number of carbonyl (C=O) groups is 1. The number of hydrogen-bond donors (Lipinski definition) is 1. The van der Waals surface area contributed by atoms with E-state index in [0.29, 0.717) is 28.6 Å². The Bertz CT molecular complexity index is 1270. The molecule has 0 aliphatic rings. The number of anilines is 1. The summed E-state index contributed by atoms with van der Waals surface area (Å²) in [7, 11) is -3.55. The van der Waals surface area contributed by atoms with Gasteiger partial charge in [0, 0.05) is 10.6 Å². The number of hydrazone groups is 1. The van der Waals surface area contributed by atoms with Gasteiger partial charge >= 0.3 is 0 Å². The van der Waals surface area contributed by atoms with Crippen molar-refractivity contribution in [3.63, 3.8) is 0 Å². The maximum Gasteiger partial charge on any atom is 0.271 e. The van der Waals surface area contributed by atoms with Crippen molar-refractivity contribution < 1.29 is 17.9 Å². The van der Waals surface area contributed by atoms with Crippen molar-refractivity contribution in [2.75, 3.05) is 17.2 Å². The molecule has 1 N–H and O–H groups in total. The van der Waals surface area contributed by atoms with Gasteiger partial charge in [0.1, 0.15) is 12.4 Å². The number of halogens is 1. The minimum atomic E-state index is -3.55. The van der Waals surface area contributed by atoms with E-state index in [4.69, 9.17) is 16.3 Å². The van der Waals surface area contributed by atoms with Gasteiger partial charge in [-0.3, -0.25) is 9.10 Å². The summed E-state index contributed by atoms with van der Waals surface area (Å²) >= 11 is 5.91. The number of nitrogens with one attached hydrogen (secondary N) is 1. The lowest BCUT2D eigenvalue weighted by Crippen LogP contribution is -2.29. The van der Waals surface area contributed by atoms with Crippen molar-refractivity contribution in [1.29, 1.82) is 0 Å². The van der Waals surface area contributed by atoms with Crippen LogP contribution in [0.15, 0.2) is 90.6 Å². The summed E-state index contributed by atoms with van der Waals surface area (Å²) in [6.45, 7) is 4.14. The van der Waals surface area contributed by atoms with Crippen LogP contribution in [0.1, 0.15) is 21.5 Å². The van der Waals surface area contributed by atoms with Crippen LogP contribution in [0.4, 0.5) is 5.69 Å². The molecule has 176 valence electrons. The van der Waals surface area contributed by atoms with E-state index in [0.717, 1.165) is 17.4 Å². The van der Waals surface area contributed by atoms with Crippen LogP contribution in [0.3, 0.4) is 0 Å². The maximum absolute atomic E-state index is 12.4. The van der Waals surface area contributed by atoms with Gasteiger partial charge in [-0.25, -0.2) is 13.8 Å². The number of sulfonamides is 1. The van der Waals surface area contributed by atoms with Crippen molar-refractivity contribution in [3.05, 3.63) is 107 Å². The van der Waals surface area contributed by atoms with Crippen LogP contribution in [0.5, 0.6) is 5.75 Å². The van der Waals surface area contributed by atoms with Crippen LogP contribution in [-0.4, -0.2) is 33.4 Å². The quantitative estimate of drug-likeness (QED) is 0.251. The minimum absolute atomic E-state index is 0.140. The average Bonchev–Trinajstić information content (AvgIpc) is 2.82. The number of ether oxygens (including phenoxy) is 1. The lowest BCUT2D eigenvalue weighted by Gasteiger charge is -2.22. The van der Waals surface area contributed by atoms with E-state index in [2.05, 4.69) is 17.1 Å². The first kappa shape index (κ1) is 25.0. The fourth-order valence-corrected chi connectivity index (χ4v) is 4.02. The molecule has 0 aliphatic heterocycles. The highest BCUT2D eigenvalue weighted by Gasteiger charge is 2.18. The fourth-order valence-electron chi connectivity index (χ4n) is 3.00. The molecule has 0 saturated carbocycles. The molecule has 1 amide bonds. The van der Waals surface area contributed by atoms with Crippen LogP contribution in [0.2, 0.25) is 5.02 Å². The molecular formula is C25H24ClN3O4S. The Balaban J connectivity index is 1.67.